The predicted molar refractivity (Wildman–Crippen MR) is 79.1 cm³/mol. The first kappa shape index (κ1) is 12.3. The summed E-state index contributed by atoms with van der Waals surface area (Å²) in [5, 5.41) is 9.73. The van der Waals surface area contributed by atoms with E-state index in [2.05, 4.69) is 6.07 Å². The Balaban J connectivity index is 1.79. The molecule has 4 fully saturated rings. The molecule has 0 aromatic heterocycles. The van der Waals surface area contributed by atoms with Crippen molar-refractivity contribution in [2.45, 2.75) is 32.1 Å². The maximum Gasteiger partial charge on any atom is 0.125 e. The second-order valence-corrected chi connectivity index (χ2v) is 6.84. The quantitative estimate of drug-likeness (QED) is 0.816. The summed E-state index contributed by atoms with van der Waals surface area (Å²) >= 11 is 0. The molecule has 1 N–H and O–H groups in total. The third-order valence-electron chi connectivity index (χ3n) is 5.59. The van der Waals surface area contributed by atoms with Gasteiger partial charge in [-0.15, -0.1) is 0 Å². The van der Waals surface area contributed by atoms with Crippen molar-refractivity contribution in [3.63, 3.8) is 0 Å². The molecule has 0 amide bonds. The van der Waals surface area contributed by atoms with Crippen LogP contribution in [0.2, 0.25) is 0 Å². The molecule has 0 heterocycles. The Kier molecular flexibility index (Phi) is 2.80. The second-order valence-electron chi connectivity index (χ2n) is 6.84. The van der Waals surface area contributed by atoms with Crippen molar-refractivity contribution in [2.75, 3.05) is 7.11 Å². The van der Waals surface area contributed by atoms with Crippen LogP contribution in [-0.4, -0.2) is 12.2 Å². The maximum atomic E-state index is 9.73. The van der Waals surface area contributed by atoms with Crippen molar-refractivity contribution < 1.29 is 9.84 Å². The number of rotatable bonds is 2. The van der Waals surface area contributed by atoms with Crippen LogP contribution >= 0.6 is 0 Å². The normalized spacial score (nSPS) is 34.4. The van der Waals surface area contributed by atoms with Gasteiger partial charge in [0, 0.05) is 5.56 Å². The highest BCUT2D eigenvalue weighted by Gasteiger charge is 2.46. The monoisotopic (exact) mass is 270 g/mol. The smallest absolute Gasteiger partial charge is 0.125 e. The first-order chi connectivity index (χ1) is 9.74. The molecule has 0 unspecified atom stereocenters. The number of phenols is 1. The van der Waals surface area contributed by atoms with Gasteiger partial charge in [0.2, 0.25) is 0 Å². The zero-order valence-electron chi connectivity index (χ0n) is 12.0. The predicted octanol–water partition coefficient (Wildman–Crippen LogP) is 4.21. The van der Waals surface area contributed by atoms with Crippen LogP contribution in [0.5, 0.6) is 5.75 Å². The van der Waals surface area contributed by atoms with Crippen molar-refractivity contribution in [1.82, 2.24) is 0 Å². The number of phenolic OH excluding ortho intramolecular Hbond substituents is 1. The molecule has 20 heavy (non-hydrogen) atoms. The number of hydrogen-bond acceptors (Lipinski definition) is 2. The Hall–Kier alpha value is -1.44. The van der Waals surface area contributed by atoms with E-state index in [0.717, 1.165) is 35.0 Å². The lowest BCUT2D eigenvalue weighted by Crippen LogP contribution is -2.40. The van der Waals surface area contributed by atoms with Gasteiger partial charge in [-0.2, -0.15) is 0 Å². The zero-order valence-corrected chi connectivity index (χ0v) is 12.0. The minimum atomic E-state index is 0.321. The van der Waals surface area contributed by atoms with Crippen molar-refractivity contribution in [1.29, 1.82) is 0 Å². The molecule has 5 rings (SSSR count). The van der Waals surface area contributed by atoms with Gasteiger partial charge >= 0.3 is 0 Å². The molecule has 106 valence electrons. The summed E-state index contributed by atoms with van der Waals surface area (Å²) in [4.78, 5) is 0. The third-order valence-corrected chi connectivity index (χ3v) is 5.59. The molecule has 4 aliphatic carbocycles. The average molecular weight is 270 g/mol. The summed E-state index contributed by atoms with van der Waals surface area (Å²) in [6.07, 6.45) is 6.89. The van der Waals surface area contributed by atoms with Crippen LogP contribution in [0.25, 0.3) is 5.76 Å². The van der Waals surface area contributed by atoms with Gasteiger partial charge in [0.1, 0.15) is 11.5 Å². The van der Waals surface area contributed by atoms with Crippen molar-refractivity contribution in [2.24, 2.45) is 23.7 Å². The standard InChI is InChI=1S/C18H22O2/c1-20-18(13-3-2-4-16(19)10-13)17-14-6-11-5-12(8-14)9-15(17)7-11/h2-4,10-12,14-15,19H,5-9H2,1H3. The SMILES string of the molecule is COC(=C1C2CC3CC(C2)CC1C3)c1cccc(O)c1. The molecule has 2 heteroatoms. The molecule has 4 saturated carbocycles. The highest BCUT2D eigenvalue weighted by atomic mass is 16.5. The fourth-order valence-electron chi connectivity index (χ4n) is 5.11. The van der Waals surface area contributed by atoms with Crippen molar-refractivity contribution in [3.8, 4) is 5.75 Å². The van der Waals surface area contributed by atoms with Crippen LogP contribution in [-0.2, 0) is 4.74 Å². The number of aromatic hydroxyl groups is 1. The lowest BCUT2D eigenvalue weighted by Gasteiger charge is -2.51. The molecule has 1 aromatic carbocycles. The fourth-order valence-corrected chi connectivity index (χ4v) is 5.11. The van der Waals surface area contributed by atoms with E-state index in [1.807, 2.05) is 12.1 Å². The molecule has 0 aliphatic heterocycles. The van der Waals surface area contributed by atoms with E-state index in [-0.39, 0.29) is 0 Å². The summed E-state index contributed by atoms with van der Waals surface area (Å²) in [5.41, 5.74) is 2.58. The lowest BCUT2D eigenvalue weighted by molar-refractivity contribution is 0.0675. The van der Waals surface area contributed by atoms with Gasteiger partial charge in [-0.25, -0.2) is 0 Å². The number of hydrogen-bond donors (Lipinski definition) is 1. The number of allylic oxidation sites excluding steroid dienone is 1. The maximum absolute atomic E-state index is 9.73. The molecule has 0 radical (unpaired) electrons. The lowest BCUT2D eigenvalue weighted by atomic mass is 9.54. The molecule has 4 aliphatic rings. The molecule has 1 aromatic rings. The van der Waals surface area contributed by atoms with Crippen molar-refractivity contribution >= 4 is 5.76 Å². The van der Waals surface area contributed by atoms with Gasteiger partial charge < -0.3 is 9.84 Å². The minimum absolute atomic E-state index is 0.321. The van der Waals surface area contributed by atoms with Crippen LogP contribution in [0, 0.1) is 23.7 Å². The highest BCUT2D eigenvalue weighted by Crippen LogP contribution is 2.57. The first-order valence-electron chi connectivity index (χ1n) is 7.82. The van der Waals surface area contributed by atoms with E-state index < -0.39 is 0 Å². The van der Waals surface area contributed by atoms with E-state index in [1.165, 1.54) is 32.1 Å². The van der Waals surface area contributed by atoms with E-state index in [9.17, 15) is 5.11 Å². The summed E-state index contributed by atoms with van der Waals surface area (Å²) in [6, 6.07) is 7.51. The highest BCUT2D eigenvalue weighted by molar-refractivity contribution is 5.66. The summed E-state index contributed by atoms with van der Waals surface area (Å²) in [5.74, 6) is 4.73. The number of methoxy groups -OCH3 is 1. The Morgan fingerprint density at radius 1 is 1.05 bits per heavy atom. The van der Waals surface area contributed by atoms with Gasteiger partial charge in [-0.05, 0) is 73.5 Å². The van der Waals surface area contributed by atoms with Crippen LogP contribution in [0.4, 0.5) is 0 Å². The molecule has 0 atom stereocenters. The Morgan fingerprint density at radius 3 is 2.25 bits per heavy atom. The molecule has 0 spiro atoms. The van der Waals surface area contributed by atoms with Crippen molar-refractivity contribution in [3.05, 3.63) is 35.4 Å². The minimum Gasteiger partial charge on any atom is -0.508 e. The first-order valence-corrected chi connectivity index (χ1v) is 7.82. The van der Waals surface area contributed by atoms with Gasteiger partial charge in [-0.3, -0.25) is 0 Å². The number of benzene rings is 1. The Bertz CT molecular complexity index is 528. The molecular weight excluding hydrogens is 248 g/mol. The molecule has 2 nitrogen and oxygen atoms in total. The molecule has 4 bridgehead atoms. The zero-order chi connectivity index (χ0) is 13.7. The van der Waals surface area contributed by atoms with Crippen LogP contribution in [0.3, 0.4) is 0 Å². The number of ether oxygens (including phenoxy) is 1. The topological polar surface area (TPSA) is 29.5 Å². The molecular formula is C18H22O2. The van der Waals surface area contributed by atoms with E-state index in [1.54, 1.807) is 18.7 Å². The summed E-state index contributed by atoms with van der Waals surface area (Å²) in [6.45, 7) is 0. The largest absolute Gasteiger partial charge is 0.508 e. The Morgan fingerprint density at radius 2 is 1.70 bits per heavy atom. The van der Waals surface area contributed by atoms with Crippen LogP contribution in [0.1, 0.15) is 37.7 Å². The summed E-state index contributed by atoms with van der Waals surface area (Å²) < 4.78 is 5.79. The fraction of sp³-hybridized carbons (Fsp3) is 0.556. The van der Waals surface area contributed by atoms with Crippen LogP contribution in [0.15, 0.2) is 29.8 Å². The Labute approximate surface area is 120 Å². The van der Waals surface area contributed by atoms with E-state index >= 15 is 0 Å². The molecule has 0 saturated heterocycles. The average Bonchev–Trinajstić information content (AvgIpc) is 2.42. The van der Waals surface area contributed by atoms with Gasteiger partial charge in [0.25, 0.3) is 0 Å². The van der Waals surface area contributed by atoms with Crippen LogP contribution < -0.4 is 0 Å². The third kappa shape index (κ3) is 1.85. The van der Waals surface area contributed by atoms with Gasteiger partial charge in [-0.1, -0.05) is 12.1 Å². The van der Waals surface area contributed by atoms with Gasteiger partial charge in [0.15, 0.2) is 0 Å². The van der Waals surface area contributed by atoms with E-state index in [4.69, 9.17) is 4.74 Å². The summed E-state index contributed by atoms with van der Waals surface area (Å²) in [7, 11) is 1.78. The van der Waals surface area contributed by atoms with Gasteiger partial charge in [0.05, 0.1) is 7.11 Å². The second kappa shape index (κ2) is 4.54. The van der Waals surface area contributed by atoms with E-state index in [0.29, 0.717) is 5.75 Å².